The normalized spacial score (nSPS) is 7.00. The predicted octanol–water partition coefficient (Wildman–Crippen LogP) is 1.06. The molecule has 0 N–H and O–H groups in total. The summed E-state index contributed by atoms with van der Waals surface area (Å²) < 4.78 is 0. The van der Waals surface area contributed by atoms with Crippen molar-refractivity contribution in [3.05, 3.63) is 11.6 Å². The predicted molar refractivity (Wildman–Crippen MR) is 25.1 cm³/mol. The molecule has 0 aromatic carbocycles. The maximum atomic E-state index is 9.41. The first kappa shape index (κ1) is 5.41. The summed E-state index contributed by atoms with van der Waals surface area (Å²) in [7, 11) is 0. The van der Waals surface area contributed by atoms with E-state index in [9.17, 15) is 4.79 Å². The van der Waals surface area contributed by atoms with E-state index in [1.165, 1.54) is 6.08 Å². The van der Waals surface area contributed by atoms with Crippen LogP contribution in [0.2, 0.25) is 0 Å². The minimum Gasteiger partial charge on any atom is -0.286 e. The molecule has 0 fully saturated rings. The molecule has 1 nitrogen and oxygen atoms in total. The maximum Gasteiger partial charge on any atom is 0.225 e. The molecule has 6 heavy (non-hydrogen) atoms. The Hall–Kier alpha value is -0.590. The van der Waals surface area contributed by atoms with Crippen LogP contribution in [0.1, 0.15) is 13.8 Å². The van der Waals surface area contributed by atoms with Gasteiger partial charge in [0.25, 0.3) is 0 Å². The van der Waals surface area contributed by atoms with Crippen LogP contribution in [0, 0.1) is 0 Å². The van der Waals surface area contributed by atoms with Crippen LogP contribution in [-0.2, 0) is 4.79 Å². The smallest absolute Gasteiger partial charge is 0.225 e. The van der Waals surface area contributed by atoms with Gasteiger partial charge in [-0.15, -0.1) is 0 Å². The highest BCUT2D eigenvalue weighted by atomic mass is 16.1. The molecule has 0 amide bonds. The Bertz CT molecular complexity index is 68.0. The molecule has 0 aliphatic heterocycles. The van der Waals surface area contributed by atoms with Crippen LogP contribution in [0.4, 0.5) is 0 Å². The van der Waals surface area contributed by atoms with E-state index in [2.05, 4.69) is 0 Å². The highest BCUT2D eigenvalue weighted by molar-refractivity contribution is 5.66. The third-order valence-electron chi connectivity index (χ3n) is 0.348. The average molecular weight is 83.1 g/mol. The molecule has 0 aromatic heterocycles. The molecular formula is C5H7O. The summed E-state index contributed by atoms with van der Waals surface area (Å²) in [6, 6.07) is 0. The topological polar surface area (TPSA) is 17.1 Å². The monoisotopic (exact) mass is 83.0 g/mol. The van der Waals surface area contributed by atoms with Crippen LogP contribution in [0.25, 0.3) is 0 Å². The van der Waals surface area contributed by atoms with Crippen molar-refractivity contribution in [3.8, 4) is 0 Å². The van der Waals surface area contributed by atoms with E-state index < -0.39 is 0 Å². The van der Waals surface area contributed by atoms with Gasteiger partial charge < -0.3 is 0 Å². The molecule has 1 radical (unpaired) electrons. The van der Waals surface area contributed by atoms with Gasteiger partial charge in [-0.05, 0) is 19.9 Å². The molecular weight excluding hydrogens is 76.1 g/mol. The highest BCUT2D eigenvalue weighted by Gasteiger charge is 1.68. The average Bonchev–Trinajstić information content (AvgIpc) is 1.35. The van der Waals surface area contributed by atoms with Gasteiger partial charge >= 0.3 is 0 Å². The largest absolute Gasteiger partial charge is 0.286 e. The molecule has 33 valence electrons. The molecule has 0 aliphatic carbocycles. The van der Waals surface area contributed by atoms with Crippen molar-refractivity contribution < 1.29 is 4.79 Å². The molecule has 0 aromatic rings. The lowest BCUT2D eigenvalue weighted by Crippen LogP contribution is -1.62. The lowest BCUT2D eigenvalue weighted by Gasteiger charge is -1.72. The Morgan fingerprint density at radius 1 is 1.67 bits per heavy atom. The Balaban J connectivity index is 3.41. The van der Waals surface area contributed by atoms with Crippen molar-refractivity contribution in [3.63, 3.8) is 0 Å². The van der Waals surface area contributed by atoms with Crippen molar-refractivity contribution in [1.29, 1.82) is 0 Å². The van der Waals surface area contributed by atoms with E-state index in [1.807, 2.05) is 13.8 Å². The van der Waals surface area contributed by atoms with Crippen LogP contribution >= 0.6 is 0 Å². The number of allylic oxidation sites excluding steroid dienone is 2. The summed E-state index contributed by atoms with van der Waals surface area (Å²) in [6.07, 6.45) is 3.06. The maximum absolute atomic E-state index is 9.41. The van der Waals surface area contributed by atoms with Crippen LogP contribution < -0.4 is 0 Å². The van der Waals surface area contributed by atoms with Gasteiger partial charge in [0, 0.05) is 0 Å². The first-order valence-corrected chi connectivity index (χ1v) is 1.78. The van der Waals surface area contributed by atoms with E-state index in [-0.39, 0.29) is 0 Å². The molecule has 0 rings (SSSR count). The van der Waals surface area contributed by atoms with Crippen molar-refractivity contribution in [1.82, 2.24) is 0 Å². The third kappa shape index (κ3) is 3.41. The Morgan fingerprint density at radius 3 is 2.17 bits per heavy atom. The fourth-order valence-corrected chi connectivity index (χ4v) is 0.118. The first-order chi connectivity index (χ1) is 2.77. The van der Waals surface area contributed by atoms with Gasteiger partial charge in [0.1, 0.15) is 0 Å². The van der Waals surface area contributed by atoms with E-state index in [0.29, 0.717) is 0 Å². The van der Waals surface area contributed by atoms with Gasteiger partial charge in [-0.3, -0.25) is 4.79 Å². The second-order valence-electron chi connectivity index (χ2n) is 1.34. The lowest BCUT2D eigenvalue weighted by molar-refractivity contribution is 0.564. The van der Waals surface area contributed by atoms with Gasteiger partial charge in [-0.2, -0.15) is 0 Å². The SMILES string of the molecule is CC(C)=C[C]=O. The summed E-state index contributed by atoms with van der Waals surface area (Å²) in [6.45, 7) is 3.70. The lowest BCUT2D eigenvalue weighted by atomic mass is 10.3. The van der Waals surface area contributed by atoms with E-state index in [0.717, 1.165) is 5.57 Å². The Kier molecular flexibility index (Phi) is 2.38. The van der Waals surface area contributed by atoms with Crippen LogP contribution in [-0.4, -0.2) is 6.29 Å². The van der Waals surface area contributed by atoms with Gasteiger partial charge in [-0.25, -0.2) is 0 Å². The van der Waals surface area contributed by atoms with Crippen molar-refractivity contribution in [2.45, 2.75) is 13.8 Å². The van der Waals surface area contributed by atoms with E-state index in [4.69, 9.17) is 0 Å². The molecule has 0 saturated carbocycles. The first-order valence-electron chi connectivity index (χ1n) is 1.78. The van der Waals surface area contributed by atoms with Gasteiger partial charge in [-0.1, -0.05) is 5.57 Å². The Morgan fingerprint density at radius 2 is 2.17 bits per heavy atom. The third-order valence-corrected chi connectivity index (χ3v) is 0.348. The number of hydrogen-bond donors (Lipinski definition) is 0. The minimum absolute atomic E-state index is 0.991. The zero-order valence-corrected chi connectivity index (χ0v) is 3.99. The van der Waals surface area contributed by atoms with Gasteiger partial charge in [0.15, 0.2) is 0 Å². The van der Waals surface area contributed by atoms with Gasteiger partial charge in [0.2, 0.25) is 6.29 Å². The molecule has 0 atom stereocenters. The Labute approximate surface area is 37.7 Å². The summed E-state index contributed by atoms with van der Waals surface area (Å²) in [5.41, 5.74) is 0.991. The highest BCUT2D eigenvalue weighted by Crippen LogP contribution is 1.81. The zero-order chi connectivity index (χ0) is 4.99. The quantitative estimate of drug-likeness (QED) is 0.433. The molecule has 0 spiro atoms. The summed E-state index contributed by atoms with van der Waals surface area (Å²) in [4.78, 5) is 9.41. The van der Waals surface area contributed by atoms with Crippen molar-refractivity contribution in [2.24, 2.45) is 0 Å². The second kappa shape index (κ2) is 2.64. The summed E-state index contributed by atoms with van der Waals surface area (Å²) >= 11 is 0. The van der Waals surface area contributed by atoms with Crippen LogP contribution in [0.5, 0.6) is 0 Å². The number of hydrogen-bond acceptors (Lipinski definition) is 1. The van der Waals surface area contributed by atoms with Crippen molar-refractivity contribution in [2.75, 3.05) is 0 Å². The fraction of sp³-hybridized carbons (Fsp3) is 0.400. The molecule has 1 heteroatoms. The number of carbonyl (C=O) groups excluding carboxylic acids is 1. The fourth-order valence-electron chi connectivity index (χ4n) is 0.118. The van der Waals surface area contributed by atoms with E-state index in [1.54, 1.807) is 6.29 Å². The molecule has 0 aliphatic rings. The van der Waals surface area contributed by atoms with Gasteiger partial charge in [0.05, 0.1) is 0 Å². The summed E-state index contributed by atoms with van der Waals surface area (Å²) in [5.74, 6) is 0. The standard InChI is InChI=1S/C5H7O/c1-5(2)3-4-6/h3H,1-2H3. The zero-order valence-electron chi connectivity index (χ0n) is 3.99. The molecule has 0 heterocycles. The second-order valence-corrected chi connectivity index (χ2v) is 1.34. The minimum atomic E-state index is 0.991. The molecule has 0 bridgehead atoms. The van der Waals surface area contributed by atoms with Crippen molar-refractivity contribution >= 4 is 6.29 Å². The molecule has 0 unspecified atom stereocenters. The summed E-state index contributed by atoms with van der Waals surface area (Å²) in [5, 5.41) is 0. The molecule has 0 saturated heterocycles. The number of rotatable bonds is 1. The van der Waals surface area contributed by atoms with Crippen LogP contribution in [0.15, 0.2) is 11.6 Å². The van der Waals surface area contributed by atoms with Crippen LogP contribution in [0.3, 0.4) is 0 Å². The van der Waals surface area contributed by atoms with E-state index >= 15 is 0 Å².